The fourth-order valence-electron chi connectivity index (χ4n) is 3.06. The molecule has 0 atom stereocenters. The molecule has 1 heterocycles. The summed E-state index contributed by atoms with van der Waals surface area (Å²) < 4.78 is 33.0. The molecule has 0 aromatic heterocycles. The van der Waals surface area contributed by atoms with Crippen LogP contribution in [0.3, 0.4) is 0 Å². The van der Waals surface area contributed by atoms with Crippen molar-refractivity contribution >= 4 is 33.3 Å². The summed E-state index contributed by atoms with van der Waals surface area (Å²) >= 11 is 0. The maximum atomic E-state index is 12.7. The number of primary sulfonamides is 1. The number of urea groups is 1. The molecule has 1 aliphatic rings. The molecule has 3 amide bonds. The summed E-state index contributed by atoms with van der Waals surface area (Å²) in [7, 11) is -0.761. The normalized spacial score (nSPS) is 14.0. The van der Waals surface area contributed by atoms with Gasteiger partial charge in [-0.25, -0.2) is 18.4 Å². The highest BCUT2D eigenvalue weighted by atomic mass is 32.2. The first-order chi connectivity index (χ1) is 14.2. The van der Waals surface area contributed by atoms with Gasteiger partial charge in [-0.2, -0.15) is 0 Å². The Balaban J connectivity index is 1.63. The van der Waals surface area contributed by atoms with Gasteiger partial charge in [0.05, 0.1) is 19.1 Å². The zero-order chi connectivity index (χ0) is 21.9. The number of methoxy groups -OCH3 is 2. The standard InChI is InChI=1S/C19H22N4O6S/c1-28-16-8-5-14(11-17(16)29-2)23-10-9-22(19(23)25)12-18(24)21-13-3-6-15(7-4-13)30(20,26)27/h3-8,11H,9-10,12H2,1-2H3,(H,21,24)(H2,20,26,27). The van der Waals surface area contributed by atoms with Crippen molar-refractivity contribution in [1.82, 2.24) is 4.90 Å². The third-order valence-electron chi connectivity index (χ3n) is 4.57. The van der Waals surface area contributed by atoms with Gasteiger partial charge in [-0.15, -0.1) is 0 Å². The molecule has 0 bridgehead atoms. The van der Waals surface area contributed by atoms with E-state index in [9.17, 15) is 18.0 Å². The minimum atomic E-state index is -3.80. The van der Waals surface area contributed by atoms with Crippen LogP contribution in [-0.2, 0) is 14.8 Å². The fraction of sp³-hybridized carbons (Fsp3) is 0.263. The lowest BCUT2D eigenvalue weighted by Crippen LogP contribution is -2.37. The minimum absolute atomic E-state index is 0.0548. The van der Waals surface area contributed by atoms with E-state index in [4.69, 9.17) is 14.6 Å². The number of amides is 3. The van der Waals surface area contributed by atoms with Crippen molar-refractivity contribution in [2.24, 2.45) is 5.14 Å². The number of sulfonamides is 1. The van der Waals surface area contributed by atoms with E-state index >= 15 is 0 Å². The first kappa shape index (κ1) is 21.4. The van der Waals surface area contributed by atoms with Crippen molar-refractivity contribution in [3.63, 3.8) is 0 Å². The van der Waals surface area contributed by atoms with Gasteiger partial charge in [0.15, 0.2) is 11.5 Å². The van der Waals surface area contributed by atoms with Crippen LogP contribution < -0.4 is 24.8 Å². The van der Waals surface area contributed by atoms with Gasteiger partial charge >= 0.3 is 6.03 Å². The Morgan fingerprint density at radius 2 is 1.73 bits per heavy atom. The van der Waals surface area contributed by atoms with Crippen molar-refractivity contribution in [1.29, 1.82) is 0 Å². The number of hydrogen-bond acceptors (Lipinski definition) is 6. The Bertz CT molecular complexity index is 1060. The molecule has 0 spiro atoms. The van der Waals surface area contributed by atoms with E-state index in [0.717, 1.165) is 0 Å². The molecule has 30 heavy (non-hydrogen) atoms. The van der Waals surface area contributed by atoms with Crippen molar-refractivity contribution in [2.45, 2.75) is 4.90 Å². The molecule has 160 valence electrons. The molecule has 2 aromatic carbocycles. The zero-order valence-corrected chi connectivity index (χ0v) is 17.3. The summed E-state index contributed by atoms with van der Waals surface area (Å²) in [6.45, 7) is 0.662. The van der Waals surface area contributed by atoms with E-state index in [-0.39, 0.29) is 17.5 Å². The van der Waals surface area contributed by atoms with Crippen molar-refractivity contribution < 1.29 is 27.5 Å². The Hall–Kier alpha value is -3.31. The Morgan fingerprint density at radius 3 is 2.33 bits per heavy atom. The maximum Gasteiger partial charge on any atom is 0.325 e. The number of carbonyl (C=O) groups is 2. The molecule has 1 saturated heterocycles. The van der Waals surface area contributed by atoms with Gasteiger partial charge in [0.25, 0.3) is 0 Å². The fourth-order valence-corrected chi connectivity index (χ4v) is 3.58. The van der Waals surface area contributed by atoms with E-state index in [0.29, 0.717) is 36.0 Å². The molecule has 10 nitrogen and oxygen atoms in total. The SMILES string of the molecule is COc1ccc(N2CCN(CC(=O)Nc3ccc(S(N)(=O)=O)cc3)C2=O)cc1OC. The largest absolute Gasteiger partial charge is 0.493 e. The van der Waals surface area contributed by atoms with E-state index in [2.05, 4.69) is 5.32 Å². The Labute approximate surface area is 174 Å². The second-order valence-corrected chi connectivity index (χ2v) is 8.07. The van der Waals surface area contributed by atoms with E-state index in [1.807, 2.05) is 0 Å². The molecule has 3 N–H and O–H groups in total. The molecular weight excluding hydrogens is 412 g/mol. The van der Waals surface area contributed by atoms with Crippen LogP contribution in [0.15, 0.2) is 47.4 Å². The molecule has 1 aliphatic heterocycles. The second-order valence-electron chi connectivity index (χ2n) is 6.51. The van der Waals surface area contributed by atoms with Gasteiger partial charge in [0.2, 0.25) is 15.9 Å². The number of nitrogens with zero attached hydrogens (tertiary/aromatic N) is 2. The molecule has 1 fully saturated rings. The lowest BCUT2D eigenvalue weighted by atomic mass is 10.2. The number of benzene rings is 2. The van der Waals surface area contributed by atoms with E-state index in [1.54, 1.807) is 23.1 Å². The third-order valence-corrected chi connectivity index (χ3v) is 5.50. The molecular formula is C19H22N4O6S. The summed E-state index contributed by atoms with van der Waals surface area (Å²) in [4.78, 5) is 28.0. The van der Waals surface area contributed by atoms with Crippen LogP contribution in [-0.4, -0.2) is 59.1 Å². The Kier molecular flexibility index (Phi) is 6.13. The molecule has 0 saturated carbocycles. The Morgan fingerprint density at radius 1 is 1.07 bits per heavy atom. The lowest BCUT2D eigenvalue weighted by molar-refractivity contribution is -0.116. The van der Waals surface area contributed by atoms with Gasteiger partial charge in [-0.05, 0) is 36.4 Å². The van der Waals surface area contributed by atoms with Crippen LogP contribution in [0.2, 0.25) is 0 Å². The number of nitrogens with one attached hydrogen (secondary N) is 1. The van der Waals surface area contributed by atoms with Gasteiger partial charge in [-0.3, -0.25) is 9.69 Å². The van der Waals surface area contributed by atoms with Crippen LogP contribution >= 0.6 is 0 Å². The highest BCUT2D eigenvalue weighted by Gasteiger charge is 2.31. The van der Waals surface area contributed by atoms with Crippen LogP contribution in [0, 0.1) is 0 Å². The number of ether oxygens (including phenoxy) is 2. The van der Waals surface area contributed by atoms with Crippen LogP contribution in [0.5, 0.6) is 11.5 Å². The van der Waals surface area contributed by atoms with E-state index < -0.39 is 15.9 Å². The van der Waals surface area contributed by atoms with Gasteiger partial charge in [0, 0.05) is 30.5 Å². The number of hydrogen-bond donors (Lipinski definition) is 2. The topological polar surface area (TPSA) is 131 Å². The predicted octanol–water partition coefficient (Wildman–Crippen LogP) is 1.23. The third kappa shape index (κ3) is 4.63. The number of carbonyl (C=O) groups excluding carboxylic acids is 2. The van der Waals surface area contributed by atoms with Crippen LogP contribution in [0.25, 0.3) is 0 Å². The molecule has 0 aliphatic carbocycles. The smallest absolute Gasteiger partial charge is 0.325 e. The quantitative estimate of drug-likeness (QED) is 0.674. The predicted molar refractivity (Wildman–Crippen MR) is 110 cm³/mol. The molecule has 0 radical (unpaired) electrons. The highest BCUT2D eigenvalue weighted by Crippen LogP contribution is 2.32. The van der Waals surface area contributed by atoms with E-state index in [1.165, 1.54) is 43.4 Å². The highest BCUT2D eigenvalue weighted by molar-refractivity contribution is 7.89. The minimum Gasteiger partial charge on any atom is -0.493 e. The van der Waals surface area contributed by atoms with Gasteiger partial charge in [0.1, 0.15) is 6.54 Å². The number of anilines is 2. The van der Waals surface area contributed by atoms with Crippen LogP contribution in [0.1, 0.15) is 0 Å². The lowest BCUT2D eigenvalue weighted by Gasteiger charge is -2.19. The summed E-state index contributed by atoms with van der Waals surface area (Å²) in [5.41, 5.74) is 1.04. The van der Waals surface area contributed by atoms with Crippen molar-refractivity contribution in [3.05, 3.63) is 42.5 Å². The molecule has 2 aromatic rings. The average molecular weight is 434 g/mol. The molecule has 0 unspecified atom stereocenters. The zero-order valence-electron chi connectivity index (χ0n) is 16.5. The average Bonchev–Trinajstić information content (AvgIpc) is 3.07. The summed E-state index contributed by atoms with van der Waals surface area (Å²) in [6, 6.07) is 10.3. The monoisotopic (exact) mass is 434 g/mol. The van der Waals surface area contributed by atoms with Gasteiger partial charge in [-0.1, -0.05) is 0 Å². The number of rotatable bonds is 7. The first-order valence-corrected chi connectivity index (χ1v) is 10.5. The number of nitrogens with two attached hydrogens (primary N) is 1. The van der Waals surface area contributed by atoms with Crippen molar-refractivity contribution in [3.8, 4) is 11.5 Å². The molecule has 11 heteroatoms. The maximum absolute atomic E-state index is 12.7. The summed E-state index contributed by atoms with van der Waals surface area (Å²) in [5, 5.41) is 7.68. The molecule has 3 rings (SSSR count). The summed E-state index contributed by atoms with van der Waals surface area (Å²) in [6.07, 6.45) is 0. The summed E-state index contributed by atoms with van der Waals surface area (Å²) in [5.74, 6) is 0.653. The van der Waals surface area contributed by atoms with Crippen LogP contribution in [0.4, 0.5) is 16.2 Å². The first-order valence-electron chi connectivity index (χ1n) is 8.94. The van der Waals surface area contributed by atoms with Crippen molar-refractivity contribution in [2.75, 3.05) is 44.1 Å². The second kappa shape index (κ2) is 8.59. The van der Waals surface area contributed by atoms with Gasteiger partial charge < -0.3 is 19.7 Å².